The minimum absolute atomic E-state index is 0.0493. The first kappa shape index (κ1) is 20.1. The molecule has 0 aliphatic carbocycles. The number of anilines is 1. The van der Waals surface area contributed by atoms with E-state index in [0.717, 1.165) is 37.3 Å². The van der Waals surface area contributed by atoms with Gasteiger partial charge in [0.25, 0.3) is 11.8 Å². The van der Waals surface area contributed by atoms with Crippen LogP contribution in [0, 0.1) is 5.92 Å². The molecule has 0 saturated carbocycles. The second-order valence-electron chi connectivity index (χ2n) is 6.89. The SMILES string of the molecule is COc1nc(C(=O)Nc2cccc(C(F)(F)F)n2)cn2cc(CC3CCOC3)nc12. The van der Waals surface area contributed by atoms with Gasteiger partial charge < -0.3 is 14.8 Å². The van der Waals surface area contributed by atoms with Crippen LogP contribution in [0.4, 0.5) is 19.0 Å². The topological polar surface area (TPSA) is 90.6 Å². The molecular formula is C19H18F3N5O3. The lowest BCUT2D eigenvalue weighted by Crippen LogP contribution is -2.17. The summed E-state index contributed by atoms with van der Waals surface area (Å²) in [6.45, 7) is 1.41. The van der Waals surface area contributed by atoms with Crippen molar-refractivity contribution in [2.24, 2.45) is 5.92 Å². The molecule has 1 saturated heterocycles. The highest BCUT2D eigenvalue weighted by Crippen LogP contribution is 2.28. The summed E-state index contributed by atoms with van der Waals surface area (Å²) in [6, 6.07) is 3.25. The van der Waals surface area contributed by atoms with Crippen LogP contribution in [-0.2, 0) is 17.3 Å². The summed E-state index contributed by atoms with van der Waals surface area (Å²) < 4.78 is 50.7. The van der Waals surface area contributed by atoms with Gasteiger partial charge in [-0.25, -0.2) is 15.0 Å². The van der Waals surface area contributed by atoms with Gasteiger partial charge in [0, 0.05) is 25.6 Å². The number of hydrogen-bond acceptors (Lipinski definition) is 6. The van der Waals surface area contributed by atoms with Gasteiger partial charge in [-0.15, -0.1) is 0 Å². The Morgan fingerprint density at radius 1 is 1.30 bits per heavy atom. The smallest absolute Gasteiger partial charge is 0.433 e. The quantitative estimate of drug-likeness (QED) is 0.681. The first-order chi connectivity index (χ1) is 14.3. The molecule has 1 atom stereocenters. The monoisotopic (exact) mass is 421 g/mol. The molecule has 3 aromatic rings. The summed E-state index contributed by atoms with van der Waals surface area (Å²) in [5.74, 6) is -0.443. The predicted octanol–water partition coefficient (Wildman–Crippen LogP) is 2.98. The summed E-state index contributed by atoms with van der Waals surface area (Å²) in [7, 11) is 1.40. The van der Waals surface area contributed by atoms with Gasteiger partial charge in [-0.05, 0) is 30.9 Å². The molecule has 1 aliphatic rings. The van der Waals surface area contributed by atoms with Gasteiger partial charge in [-0.3, -0.25) is 9.20 Å². The maximum atomic E-state index is 12.8. The van der Waals surface area contributed by atoms with Crippen molar-refractivity contribution in [3.8, 4) is 5.88 Å². The van der Waals surface area contributed by atoms with Gasteiger partial charge in [-0.2, -0.15) is 13.2 Å². The molecule has 8 nitrogen and oxygen atoms in total. The van der Waals surface area contributed by atoms with Crippen molar-refractivity contribution in [3.63, 3.8) is 0 Å². The van der Waals surface area contributed by atoms with Gasteiger partial charge in [0.15, 0.2) is 0 Å². The summed E-state index contributed by atoms with van der Waals surface area (Å²) in [4.78, 5) is 24.7. The van der Waals surface area contributed by atoms with Crippen molar-refractivity contribution < 1.29 is 27.4 Å². The molecule has 158 valence electrons. The summed E-state index contributed by atoms with van der Waals surface area (Å²) in [5, 5.41) is 2.33. The van der Waals surface area contributed by atoms with Crippen LogP contribution < -0.4 is 10.1 Å². The van der Waals surface area contributed by atoms with Gasteiger partial charge in [-0.1, -0.05) is 6.07 Å². The van der Waals surface area contributed by atoms with Gasteiger partial charge in [0.05, 0.1) is 12.8 Å². The average molecular weight is 421 g/mol. The molecule has 3 aromatic heterocycles. The van der Waals surface area contributed by atoms with Gasteiger partial charge in [0.1, 0.15) is 17.2 Å². The third kappa shape index (κ3) is 4.20. The molecule has 1 amide bonds. The van der Waals surface area contributed by atoms with Crippen LogP contribution in [0.3, 0.4) is 0 Å². The van der Waals surface area contributed by atoms with Crippen molar-refractivity contribution in [1.82, 2.24) is 19.4 Å². The molecule has 1 N–H and O–H groups in total. The van der Waals surface area contributed by atoms with E-state index in [1.807, 2.05) is 0 Å². The number of ether oxygens (including phenoxy) is 2. The molecule has 1 unspecified atom stereocenters. The number of aromatic nitrogens is 4. The summed E-state index contributed by atoms with van der Waals surface area (Å²) >= 11 is 0. The number of amides is 1. The molecule has 0 aromatic carbocycles. The number of carbonyl (C=O) groups is 1. The molecule has 4 heterocycles. The van der Waals surface area contributed by atoms with Crippen molar-refractivity contribution in [1.29, 1.82) is 0 Å². The Kier molecular flexibility index (Phi) is 5.29. The number of methoxy groups -OCH3 is 1. The second-order valence-corrected chi connectivity index (χ2v) is 6.89. The zero-order valence-electron chi connectivity index (χ0n) is 15.9. The van der Waals surface area contributed by atoms with Gasteiger partial charge in [0.2, 0.25) is 5.65 Å². The van der Waals surface area contributed by atoms with E-state index in [1.54, 1.807) is 10.6 Å². The normalized spacial score (nSPS) is 16.7. The number of nitrogens with zero attached hydrogens (tertiary/aromatic N) is 4. The minimum atomic E-state index is -4.61. The van der Waals surface area contributed by atoms with E-state index in [2.05, 4.69) is 20.3 Å². The van der Waals surface area contributed by atoms with Gasteiger partial charge >= 0.3 is 6.18 Å². The number of carbonyl (C=O) groups excluding carboxylic acids is 1. The number of halogens is 3. The van der Waals surface area contributed by atoms with Crippen molar-refractivity contribution >= 4 is 17.4 Å². The number of imidazole rings is 1. The van der Waals surface area contributed by atoms with E-state index >= 15 is 0 Å². The molecule has 0 bridgehead atoms. The largest absolute Gasteiger partial charge is 0.478 e. The van der Waals surface area contributed by atoms with E-state index in [1.165, 1.54) is 19.4 Å². The van der Waals surface area contributed by atoms with Crippen LogP contribution in [0.15, 0.2) is 30.6 Å². The van der Waals surface area contributed by atoms with E-state index in [4.69, 9.17) is 9.47 Å². The van der Waals surface area contributed by atoms with Crippen LogP contribution in [0.25, 0.3) is 5.65 Å². The summed E-state index contributed by atoms with van der Waals surface area (Å²) in [5.41, 5.74) is 0.103. The molecule has 1 fully saturated rings. The fraction of sp³-hybridized carbons (Fsp3) is 0.368. The fourth-order valence-corrected chi connectivity index (χ4v) is 3.25. The number of pyridine rings is 1. The van der Waals surface area contributed by atoms with E-state index in [9.17, 15) is 18.0 Å². The third-order valence-electron chi connectivity index (χ3n) is 4.69. The zero-order chi connectivity index (χ0) is 21.3. The molecule has 1 aliphatic heterocycles. The standard InChI is InChI=1S/C19H18F3N5O3/c1-29-18-16-23-12(7-11-5-6-30-10-11)8-27(16)9-13(24-18)17(28)26-15-4-2-3-14(25-15)19(20,21)22/h2-4,8-9,11H,5-7,10H2,1H3,(H,25,26,28). The Balaban J connectivity index is 1.59. The molecule has 0 spiro atoms. The minimum Gasteiger partial charge on any atom is -0.478 e. The van der Waals surface area contributed by atoms with Crippen LogP contribution in [0.5, 0.6) is 5.88 Å². The first-order valence-electron chi connectivity index (χ1n) is 9.19. The Morgan fingerprint density at radius 3 is 2.83 bits per heavy atom. The zero-order valence-corrected chi connectivity index (χ0v) is 15.9. The van der Waals surface area contributed by atoms with Crippen molar-refractivity contribution in [2.45, 2.75) is 19.0 Å². The molecule has 11 heteroatoms. The van der Waals surface area contributed by atoms with Crippen LogP contribution >= 0.6 is 0 Å². The average Bonchev–Trinajstić information content (AvgIpc) is 3.36. The second kappa shape index (κ2) is 7.90. The number of nitrogens with one attached hydrogen (secondary N) is 1. The van der Waals surface area contributed by atoms with Crippen molar-refractivity contribution in [3.05, 3.63) is 47.7 Å². The molecular weight excluding hydrogens is 403 g/mol. The highest BCUT2D eigenvalue weighted by Gasteiger charge is 2.32. The highest BCUT2D eigenvalue weighted by atomic mass is 19.4. The maximum Gasteiger partial charge on any atom is 0.433 e. The Hall–Kier alpha value is -3.21. The Morgan fingerprint density at radius 2 is 2.13 bits per heavy atom. The third-order valence-corrected chi connectivity index (χ3v) is 4.69. The van der Waals surface area contributed by atoms with Crippen LogP contribution in [-0.4, -0.2) is 45.6 Å². The number of rotatable bonds is 5. The summed E-state index contributed by atoms with van der Waals surface area (Å²) in [6.07, 6.45) is 0.291. The van der Waals surface area contributed by atoms with E-state index in [0.29, 0.717) is 18.2 Å². The lowest BCUT2D eigenvalue weighted by Gasteiger charge is -2.09. The Labute approximate surface area is 169 Å². The highest BCUT2D eigenvalue weighted by molar-refractivity contribution is 6.02. The van der Waals surface area contributed by atoms with Crippen LogP contribution in [0.1, 0.15) is 28.3 Å². The van der Waals surface area contributed by atoms with E-state index in [-0.39, 0.29) is 17.4 Å². The number of alkyl halides is 3. The molecule has 4 rings (SSSR count). The maximum absolute atomic E-state index is 12.8. The van der Waals surface area contributed by atoms with Crippen LogP contribution in [0.2, 0.25) is 0 Å². The number of hydrogen-bond donors (Lipinski definition) is 1. The first-order valence-corrected chi connectivity index (χ1v) is 9.19. The van der Waals surface area contributed by atoms with E-state index < -0.39 is 17.8 Å². The Bertz CT molecular complexity index is 1080. The molecule has 0 radical (unpaired) electrons. The number of fused-ring (bicyclic) bond motifs is 1. The lowest BCUT2D eigenvalue weighted by atomic mass is 10.0. The van der Waals surface area contributed by atoms with Crippen molar-refractivity contribution in [2.75, 3.05) is 25.6 Å². The lowest BCUT2D eigenvalue weighted by molar-refractivity contribution is -0.141. The fourth-order valence-electron chi connectivity index (χ4n) is 3.25. The molecule has 30 heavy (non-hydrogen) atoms. The predicted molar refractivity (Wildman–Crippen MR) is 99.4 cm³/mol.